The molecular formula is C18H24N4O3. The number of carbonyl (C=O) groups is 1. The zero-order valence-corrected chi connectivity index (χ0v) is 14.6. The molecule has 1 saturated heterocycles. The molecule has 0 spiro atoms. The maximum absolute atomic E-state index is 12.6. The fourth-order valence-electron chi connectivity index (χ4n) is 3.24. The van der Waals surface area contributed by atoms with E-state index in [1.54, 1.807) is 26.7 Å². The van der Waals surface area contributed by atoms with E-state index in [-0.39, 0.29) is 12.1 Å². The minimum Gasteiger partial charge on any atom is -0.497 e. The van der Waals surface area contributed by atoms with Crippen LogP contribution in [-0.2, 0) is 6.54 Å². The van der Waals surface area contributed by atoms with Crippen LogP contribution >= 0.6 is 0 Å². The molecule has 0 unspecified atom stereocenters. The van der Waals surface area contributed by atoms with Crippen molar-refractivity contribution in [3.63, 3.8) is 0 Å². The highest BCUT2D eigenvalue weighted by Crippen LogP contribution is 2.38. The molecule has 3 rings (SSSR count). The fourth-order valence-corrected chi connectivity index (χ4v) is 3.24. The van der Waals surface area contributed by atoms with E-state index < -0.39 is 0 Å². The van der Waals surface area contributed by atoms with E-state index in [9.17, 15) is 4.79 Å². The molecule has 0 bridgehead atoms. The van der Waals surface area contributed by atoms with Crippen molar-refractivity contribution in [3.05, 3.63) is 42.5 Å². The lowest BCUT2D eigenvalue weighted by Gasteiger charge is -2.26. The van der Waals surface area contributed by atoms with Gasteiger partial charge in [0.2, 0.25) is 0 Å². The van der Waals surface area contributed by atoms with Crippen LogP contribution in [0.1, 0.15) is 24.4 Å². The van der Waals surface area contributed by atoms with Crippen molar-refractivity contribution in [3.8, 4) is 11.5 Å². The number of hydrogen-bond donors (Lipinski definition) is 1. The molecule has 1 aliphatic heterocycles. The number of methoxy groups -OCH3 is 2. The zero-order chi connectivity index (χ0) is 17.6. The number of likely N-dealkylation sites (tertiary alicyclic amines) is 1. The quantitative estimate of drug-likeness (QED) is 0.874. The molecule has 1 atom stereocenters. The Kier molecular flexibility index (Phi) is 5.42. The van der Waals surface area contributed by atoms with Gasteiger partial charge in [-0.1, -0.05) is 0 Å². The number of carbonyl (C=O) groups excluding carboxylic acids is 1. The first kappa shape index (κ1) is 17.1. The lowest BCUT2D eigenvalue weighted by atomic mass is 10.0. The molecule has 0 radical (unpaired) electrons. The van der Waals surface area contributed by atoms with Gasteiger partial charge in [-0.05, 0) is 25.0 Å². The number of imidazole rings is 1. The van der Waals surface area contributed by atoms with Crippen molar-refractivity contribution in [1.82, 2.24) is 19.8 Å². The summed E-state index contributed by atoms with van der Waals surface area (Å²) < 4.78 is 12.7. The molecule has 1 N–H and O–H groups in total. The Hall–Kier alpha value is -2.70. The third kappa shape index (κ3) is 3.87. The van der Waals surface area contributed by atoms with Crippen molar-refractivity contribution in [2.75, 3.05) is 27.3 Å². The minimum atomic E-state index is -0.0412. The minimum absolute atomic E-state index is 0.0223. The Morgan fingerprint density at radius 3 is 2.96 bits per heavy atom. The van der Waals surface area contributed by atoms with E-state index in [2.05, 4.69) is 10.3 Å². The van der Waals surface area contributed by atoms with Crippen molar-refractivity contribution >= 4 is 6.03 Å². The third-order valence-corrected chi connectivity index (χ3v) is 4.52. The van der Waals surface area contributed by atoms with Crippen LogP contribution in [0.2, 0.25) is 0 Å². The summed E-state index contributed by atoms with van der Waals surface area (Å²) in [5.74, 6) is 1.50. The van der Waals surface area contributed by atoms with Crippen LogP contribution in [0.15, 0.2) is 36.9 Å². The molecule has 25 heavy (non-hydrogen) atoms. The number of amides is 2. The maximum atomic E-state index is 12.6. The second-order valence-electron chi connectivity index (χ2n) is 5.99. The molecule has 2 aromatic rings. The van der Waals surface area contributed by atoms with E-state index >= 15 is 0 Å². The highest BCUT2D eigenvalue weighted by molar-refractivity contribution is 5.75. The molecule has 1 aliphatic rings. The lowest BCUT2D eigenvalue weighted by Crippen LogP contribution is -2.40. The number of ether oxygens (including phenoxy) is 2. The predicted molar refractivity (Wildman–Crippen MR) is 93.9 cm³/mol. The summed E-state index contributed by atoms with van der Waals surface area (Å²) in [5, 5.41) is 3.00. The van der Waals surface area contributed by atoms with Crippen LogP contribution in [0.4, 0.5) is 4.79 Å². The first-order valence-corrected chi connectivity index (χ1v) is 8.45. The average Bonchev–Trinajstić information content (AvgIpc) is 3.32. The fraction of sp³-hybridized carbons (Fsp3) is 0.444. The molecule has 0 saturated carbocycles. The van der Waals surface area contributed by atoms with Crippen LogP contribution in [0.5, 0.6) is 11.5 Å². The van der Waals surface area contributed by atoms with Crippen LogP contribution in [0.3, 0.4) is 0 Å². The van der Waals surface area contributed by atoms with E-state index in [1.807, 2.05) is 33.9 Å². The number of urea groups is 1. The van der Waals surface area contributed by atoms with Gasteiger partial charge in [-0.25, -0.2) is 9.78 Å². The summed E-state index contributed by atoms with van der Waals surface area (Å²) in [7, 11) is 3.27. The molecule has 0 aliphatic carbocycles. The number of hydrogen-bond acceptors (Lipinski definition) is 4. The Morgan fingerprint density at radius 1 is 1.36 bits per heavy atom. The topological polar surface area (TPSA) is 68.6 Å². The predicted octanol–water partition coefficient (Wildman–Crippen LogP) is 2.45. The number of nitrogens with zero attached hydrogens (tertiary/aromatic N) is 3. The van der Waals surface area contributed by atoms with E-state index in [4.69, 9.17) is 9.47 Å². The summed E-state index contributed by atoms with van der Waals surface area (Å²) in [5.41, 5.74) is 1.02. The second-order valence-corrected chi connectivity index (χ2v) is 5.99. The van der Waals surface area contributed by atoms with E-state index in [1.165, 1.54) is 0 Å². The van der Waals surface area contributed by atoms with Crippen molar-refractivity contribution in [2.24, 2.45) is 0 Å². The van der Waals surface area contributed by atoms with Gasteiger partial charge in [0.15, 0.2) is 0 Å². The molecule has 1 aromatic heterocycles. The SMILES string of the molecule is COc1ccc([C@@H]2CCCN2C(=O)NCCn2ccnc2)c(OC)c1. The number of nitrogens with one attached hydrogen (secondary N) is 1. The van der Waals surface area contributed by atoms with Gasteiger partial charge in [-0.2, -0.15) is 0 Å². The molecule has 1 aromatic carbocycles. The van der Waals surface area contributed by atoms with E-state index in [0.29, 0.717) is 13.1 Å². The largest absolute Gasteiger partial charge is 0.497 e. The van der Waals surface area contributed by atoms with Gasteiger partial charge in [0, 0.05) is 43.7 Å². The zero-order valence-electron chi connectivity index (χ0n) is 14.6. The Balaban J connectivity index is 1.66. The molecule has 1 fully saturated rings. The standard InChI is InChI=1S/C18H24N4O3/c1-24-14-5-6-15(17(12-14)25-2)16-4-3-9-22(16)18(23)20-8-11-21-10-7-19-13-21/h5-7,10,12-13,16H,3-4,8-9,11H2,1-2H3,(H,20,23)/t16-/m0/s1. The van der Waals surface area contributed by atoms with Gasteiger partial charge >= 0.3 is 6.03 Å². The molecule has 2 amide bonds. The summed E-state index contributed by atoms with van der Waals surface area (Å²) >= 11 is 0. The van der Waals surface area contributed by atoms with Gasteiger partial charge in [0.25, 0.3) is 0 Å². The molecule has 2 heterocycles. The van der Waals surface area contributed by atoms with Gasteiger partial charge in [-0.3, -0.25) is 0 Å². The van der Waals surface area contributed by atoms with Gasteiger partial charge in [0.05, 0.1) is 26.6 Å². The summed E-state index contributed by atoms with van der Waals surface area (Å²) in [6.07, 6.45) is 7.26. The van der Waals surface area contributed by atoms with Crippen LogP contribution < -0.4 is 14.8 Å². The monoisotopic (exact) mass is 344 g/mol. The second kappa shape index (κ2) is 7.92. The molecule has 7 nitrogen and oxygen atoms in total. The highest BCUT2D eigenvalue weighted by Gasteiger charge is 2.31. The smallest absolute Gasteiger partial charge is 0.317 e. The van der Waals surface area contributed by atoms with Gasteiger partial charge in [0.1, 0.15) is 11.5 Å². The van der Waals surface area contributed by atoms with Crippen molar-refractivity contribution < 1.29 is 14.3 Å². The van der Waals surface area contributed by atoms with E-state index in [0.717, 1.165) is 36.4 Å². The number of rotatable bonds is 6. The van der Waals surface area contributed by atoms with Crippen molar-refractivity contribution in [1.29, 1.82) is 0 Å². The first-order valence-electron chi connectivity index (χ1n) is 8.45. The lowest BCUT2D eigenvalue weighted by molar-refractivity contribution is 0.191. The van der Waals surface area contributed by atoms with Crippen LogP contribution in [0.25, 0.3) is 0 Å². The van der Waals surface area contributed by atoms with Crippen molar-refractivity contribution in [2.45, 2.75) is 25.4 Å². The molecule has 134 valence electrons. The average molecular weight is 344 g/mol. The first-order chi connectivity index (χ1) is 12.2. The highest BCUT2D eigenvalue weighted by atomic mass is 16.5. The van der Waals surface area contributed by atoms with Crippen LogP contribution in [0, 0.1) is 0 Å². The van der Waals surface area contributed by atoms with Crippen LogP contribution in [-0.4, -0.2) is 47.8 Å². The normalized spacial score (nSPS) is 16.7. The Labute approximate surface area is 147 Å². The molecular weight excluding hydrogens is 320 g/mol. The number of benzene rings is 1. The molecule has 7 heteroatoms. The van der Waals surface area contributed by atoms with Gasteiger partial charge in [-0.15, -0.1) is 0 Å². The third-order valence-electron chi connectivity index (χ3n) is 4.52. The summed E-state index contributed by atoms with van der Waals surface area (Å²) in [6.45, 7) is 2.02. The van der Waals surface area contributed by atoms with Gasteiger partial charge < -0.3 is 24.3 Å². The summed E-state index contributed by atoms with van der Waals surface area (Å²) in [4.78, 5) is 18.5. The Bertz CT molecular complexity index is 702. The maximum Gasteiger partial charge on any atom is 0.317 e. The number of aromatic nitrogens is 2. The summed E-state index contributed by atoms with van der Waals surface area (Å²) in [6, 6.07) is 5.74. The Morgan fingerprint density at radius 2 is 2.24 bits per heavy atom.